The fourth-order valence-corrected chi connectivity index (χ4v) is 3.59. The van der Waals surface area contributed by atoms with Gasteiger partial charge in [-0.3, -0.25) is 14.3 Å². The molecular weight excluding hydrogens is 378 g/mol. The Morgan fingerprint density at radius 3 is 2.89 bits per heavy atom. The largest absolute Gasteiger partial charge is 0.368 e. The summed E-state index contributed by atoms with van der Waals surface area (Å²) in [5, 5.41) is 13.9. The van der Waals surface area contributed by atoms with Gasteiger partial charge in [0.05, 0.1) is 35.6 Å². The van der Waals surface area contributed by atoms with E-state index in [-0.39, 0.29) is 12.5 Å². The zero-order chi connectivity index (χ0) is 19.7. The van der Waals surface area contributed by atoms with Crippen molar-refractivity contribution in [3.05, 3.63) is 58.3 Å². The molecule has 0 fully saturated rings. The fraction of sp³-hybridized carbons (Fsp3) is 0.167. The number of nitrogens with one attached hydrogen (secondary N) is 1. The molecule has 0 aromatic carbocycles. The molecule has 0 aliphatic heterocycles. The van der Waals surface area contributed by atoms with Crippen LogP contribution in [0.15, 0.2) is 42.2 Å². The van der Waals surface area contributed by atoms with Crippen LogP contribution in [0.25, 0.3) is 11.0 Å². The van der Waals surface area contributed by atoms with Gasteiger partial charge in [-0.25, -0.2) is 9.67 Å². The van der Waals surface area contributed by atoms with Crippen molar-refractivity contribution < 1.29 is 9.59 Å². The molecule has 0 bridgehead atoms. The summed E-state index contributed by atoms with van der Waals surface area (Å²) in [6.45, 7) is 2.38. The lowest BCUT2D eigenvalue weighted by Crippen LogP contribution is -2.18. The molecule has 3 N–H and O–H groups in total. The average molecular weight is 395 g/mol. The second kappa shape index (κ2) is 7.24. The lowest BCUT2D eigenvalue weighted by molar-refractivity contribution is -0.118. The van der Waals surface area contributed by atoms with Crippen molar-refractivity contribution in [2.24, 2.45) is 5.73 Å². The summed E-state index contributed by atoms with van der Waals surface area (Å²) in [7, 11) is 0. The molecule has 4 aromatic heterocycles. The van der Waals surface area contributed by atoms with Crippen molar-refractivity contribution in [1.82, 2.24) is 24.5 Å². The van der Waals surface area contributed by atoms with Crippen LogP contribution in [-0.4, -0.2) is 36.4 Å². The number of hydrogen-bond donors (Lipinski definition) is 2. The Balaban J connectivity index is 1.62. The number of aryl methyl sites for hydroxylation is 1. The molecule has 9 nitrogen and oxygen atoms in total. The molecule has 0 saturated heterocycles. The highest BCUT2D eigenvalue weighted by Crippen LogP contribution is 2.21. The van der Waals surface area contributed by atoms with Crippen molar-refractivity contribution in [2.75, 3.05) is 5.32 Å². The Kier molecular flexibility index (Phi) is 4.62. The zero-order valence-corrected chi connectivity index (χ0v) is 15.8. The molecule has 0 aliphatic rings. The normalized spacial score (nSPS) is 11.0. The van der Waals surface area contributed by atoms with Gasteiger partial charge in [0.2, 0.25) is 5.91 Å². The minimum absolute atomic E-state index is 0.0516. The number of rotatable bonds is 6. The first-order valence-corrected chi connectivity index (χ1v) is 9.35. The first kappa shape index (κ1) is 17.9. The van der Waals surface area contributed by atoms with Gasteiger partial charge in [-0.15, -0.1) is 11.3 Å². The number of anilines is 1. The smallest absolute Gasteiger partial charge is 0.256 e. The maximum atomic E-state index is 12.8. The van der Waals surface area contributed by atoms with E-state index in [1.54, 1.807) is 34.5 Å². The Hall–Kier alpha value is -3.53. The third-order valence-corrected chi connectivity index (χ3v) is 4.94. The molecule has 0 saturated carbocycles. The number of pyridine rings is 1. The number of amides is 2. The molecule has 0 unspecified atom stereocenters. The minimum Gasteiger partial charge on any atom is -0.368 e. The molecular formula is C18H17N7O2S. The predicted octanol–water partition coefficient (Wildman–Crippen LogP) is 1.78. The molecule has 0 atom stereocenters. The molecule has 10 heteroatoms. The van der Waals surface area contributed by atoms with E-state index in [9.17, 15) is 9.59 Å². The highest BCUT2D eigenvalue weighted by atomic mass is 32.1. The van der Waals surface area contributed by atoms with Crippen molar-refractivity contribution in [2.45, 2.75) is 20.0 Å². The van der Waals surface area contributed by atoms with Crippen LogP contribution in [0.2, 0.25) is 0 Å². The molecule has 28 heavy (non-hydrogen) atoms. The molecule has 4 rings (SSSR count). The van der Waals surface area contributed by atoms with Gasteiger partial charge in [0.15, 0.2) is 5.65 Å². The standard InChI is InChI=1S/C18H17N7O2S/c1-11-5-14(18(27)23-12-6-20-24(8-12)10-16(19)26)15-7-21-25(17(15)22-11)9-13-3-2-4-28-13/h2-8H,9-10H2,1H3,(H2,19,26)(H,23,27). The van der Waals surface area contributed by atoms with Crippen LogP contribution < -0.4 is 11.1 Å². The van der Waals surface area contributed by atoms with E-state index >= 15 is 0 Å². The maximum Gasteiger partial charge on any atom is 0.256 e. The molecule has 0 aliphatic carbocycles. The number of aromatic nitrogens is 5. The number of thiophene rings is 1. The third kappa shape index (κ3) is 3.62. The van der Waals surface area contributed by atoms with Crippen LogP contribution in [0.3, 0.4) is 0 Å². The first-order chi connectivity index (χ1) is 13.5. The summed E-state index contributed by atoms with van der Waals surface area (Å²) in [6, 6.07) is 5.75. The van der Waals surface area contributed by atoms with Crippen LogP contribution >= 0.6 is 11.3 Å². The Morgan fingerprint density at radius 1 is 1.29 bits per heavy atom. The monoisotopic (exact) mass is 395 g/mol. The first-order valence-electron chi connectivity index (χ1n) is 8.47. The van der Waals surface area contributed by atoms with E-state index in [2.05, 4.69) is 20.5 Å². The highest BCUT2D eigenvalue weighted by Gasteiger charge is 2.17. The summed E-state index contributed by atoms with van der Waals surface area (Å²) in [6.07, 6.45) is 4.67. The van der Waals surface area contributed by atoms with Gasteiger partial charge in [0, 0.05) is 16.8 Å². The van der Waals surface area contributed by atoms with Crippen LogP contribution in [-0.2, 0) is 17.9 Å². The van der Waals surface area contributed by atoms with E-state index in [1.165, 1.54) is 10.9 Å². The zero-order valence-electron chi connectivity index (χ0n) is 15.0. The van der Waals surface area contributed by atoms with Gasteiger partial charge >= 0.3 is 0 Å². The van der Waals surface area contributed by atoms with Crippen molar-refractivity contribution in [1.29, 1.82) is 0 Å². The van der Waals surface area contributed by atoms with E-state index in [0.717, 1.165) is 10.6 Å². The Bertz CT molecular complexity index is 1160. The summed E-state index contributed by atoms with van der Waals surface area (Å²) in [4.78, 5) is 29.5. The molecule has 4 aromatic rings. The fourth-order valence-electron chi connectivity index (χ4n) is 2.90. The third-order valence-electron chi connectivity index (χ3n) is 4.08. The molecule has 4 heterocycles. The number of carbonyl (C=O) groups excluding carboxylic acids is 2. The van der Waals surface area contributed by atoms with Crippen LogP contribution in [0.1, 0.15) is 20.9 Å². The highest BCUT2D eigenvalue weighted by molar-refractivity contribution is 7.09. The summed E-state index contributed by atoms with van der Waals surface area (Å²) >= 11 is 1.64. The van der Waals surface area contributed by atoms with Crippen molar-refractivity contribution >= 4 is 39.9 Å². The maximum absolute atomic E-state index is 12.8. The van der Waals surface area contributed by atoms with E-state index < -0.39 is 5.91 Å². The van der Waals surface area contributed by atoms with Crippen molar-refractivity contribution in [3.63, 3.8) is 0 Å². The number of hydrogen-bond acceptors (Lipinski definition) is 6. The van der Waals surface area contributed by atoms with Crippen LogP contribution in [0.4, 0.5) is 5.69 Å². The van der Waals surface area contributed by atoms with E-state index in [0.29, 0.717) is 28.8 Å². The lowest BCUT2D eigenvalue weighted by Gasteiger charge is -2.06. The van der Waals surface area contributed by atoms with Crippen molar-refractivity contribution in [3.8, 4) is 0 Å². The quantitative estimate of drug-likeness (QED) is 0.515. The van der Waals surface area contributed by atoms with Gasteiger partial charge < -0.3 is 11.1 Å². The van der Waals surface area contributed by atoms with Gasteiger partial charge in [-0.05, 0) is 24.4 Å². The summed E-state index contributed by atoms with van der Waals surface area (Å²) in [5.74, 6) is -0.810. The number of nitrogens with zero attached hydrogens (tertiary/aromatic N) is 5. The topological polar surface area (TPSA) is 121 Å². The molecule has 142 valence electrons. The van der Waals surface area contributed by atoms with E-state index in [4.69, 9.17) is 5.73 Å². The summed E-state index contributed by atoms with van der Waals surface area (Å²) < 4.78 is 3.15. The molecule has 0 spiro atoms. The number of fused-ring (bicyclic) bond motifs is 1. The van der Waals surface area contributed by atoms with Gasteiger partial charge in [-0.2, -0.15) is 10.2 Å². The van der Waals surface area contributed by atoms with Gasteiger partial charge in [-0.1, -0.05) is 6.07 Å². The number of carbonyl (C=O) groups is 2. The number of primary amides is 1. The van der Waals surface area contributed by atoms with Gasteiger partial charge in [0.25, 0.3) is 5.91 Å². The second-order valence-corrected chi connectivity index (χ2v) is 7.31. The Morgan fingerprint density at radius 2 is 2.14 bits per heavy atom. The molecule has 2 amide bonds. The predicted molar refractivity (Wildman–Crippen MR) is 105 cm³/mol. The second-order valence-electron chi connectivity index (χ2n) is 6.28. The Labute approximate surface area is 163 Å². The summed E-state index contributed by atoms with van der Waals surface area (Å²) in [5.41, 5.74) is 7.47. The SMILES string of the molecule is Cc1cc(C(=O)Nc2cnn(CC(N)=O)c2)c2cnn(Cc3cccs3)c2n1. The minimum atomic E-state index is -0.509. The van der Waals surface area contributed by atoms with Crippen LogP contribution in [0, 0.1) is 6.92 Å². The van der Waals surface area contributed by atoms with Gasteiger partial charge in [0.1, 0.15) is 6.54 Å². The van der Waals surface area contributed by atoms with E-state index in [1.807, 2.05) is 24.4 Å². The number of nitrogens with two attached hydrogens (primary N) is 1. The van der Waals surface area contributed by atoms with Crippen LogP contribution in [0.5, 0.6) is 0 Å². The average Bonchev–Trinajstić information content (AvgIpc) is 3.37. The lowest BCUT2D eigenvalue weighted by atomic mass is 10.1. The molecule has 0 radical (unpaired) electrons.